The number of halogens is 1. The van der Waals surface area contributed by atoms with Crippen LogP contribution in [0.15, 0.2) is 18.2 Å². The largest absolute Gasteiger partial charge is 0.459 e. The molecule has 0 fully saturated rings. The van der Waals surface area contributed by atoms with E-state index in [1.54, 1.807) is 25.1 Å². The zero-order valence-electron chi connectivity index (χ0n) is 7.92. The average Bonchev–Trinajstić information content (AvgIpc) is 2.14. The predicted molar refractivity (Wildman–Crippen MR) is 51.8 cm³/mol. The molecule has 0 amide bonds. The second-order valence-electron chi connectivity index (χ2n) is 2.90. The molecule has 0 unspecified atom stereocenters. The molecule has 14 heavy (non-hydrogen) atoms. The van der Waals surface area contributed by atoms with Crippen molar-refractivity contribution in [2.45, 2.75) is 6.92 Å². The van der Waals surface area contributed by atoms with Gasteiger partial charge in [0.25, 0.3) is 0 Å². The molecule has 1 aromatic carbocycles. The normalized spacial score (nSPS) is 9.86. The monoisotopic (exact) mass is 197 g/mol. The summed E-state index contributed by atoms with van der Waals surface area (Å²) in [5.41, 5.74) is 7.26. The maximum Gasteiger partial charge on any atom is 0.338 e. The van der Waals surface area contributed by atoms with E-state index in [0.29, 0.717) is 11.3 Å². The van der Waals surface area contributed by atoms with Crippen LogP contribution in [-0.4, -0.2) is 19.3 Å². The number of esters is 1. The van der Waals surface area contributed by atoms with E-state index in [-0.39, 0.29) is 6.61 Å². The molecular formula is C10H12FNO2. The van der Waals surface area contributed by atoms with Crippen molar-refractivity contribution in [2.75, 3.05) is 19.0 Å². The van der Waals surface area contributed by atoms with Crippen LogP contribution in [0.3, 0.4) is 0 Å². The van der Waals surface area contributed by atoms with E-state index < -0.39 is 12.6 Å². The van der Waals surface area contributed by atoms with Crippen LogP contribution in [-0.2, 0) is 4.74 Å². The molecule has 0 aromatic heterocycles. The van der Waals surface area contributed by atoms with E-state index in [0.717, 1.165) is 5.56 Å². The van der Waals surface area contributed by atoms with Crippen LogP contribution in [0.2, 0.25) is 0 Å². The van der Waals surface area contributed by atoms with Crippen LogP contribution in [0.5, 0.6) is 0 Å². The minimum Gasteiger partial charge on any atom is -0.459 e. The fraction of sp³-hybridized carbons (Fsp3) is 0.300. The van der Waals surface area contributed by atoms with Gasteiger partial charge in [-0.15, -0.1) is 0 Å². The SMILES string of the molecule is Cc1cc(N)ccc1C(=O)OCCF. The molecule has 0 aliphatic rings. The summed E-state index contributed by atoms with van der Waals surface area (Å²) >= 11 is 0. The van der Waals surface area contributed by atoms with Gasteiger partial charge in [-0.1, -0.05) is 0 Å². The highest BCUT2D eigenvalue weighted by molar-refractivity contribution is 5.91. The molecular weight excluding hydrogens is 185 g/mol. The van der Waals surface area contributed by atoms with E-state index in [1.165, 1.54) is 0 Å². The van der Waals surface area contributed by atoms with Gasteiger partial charge in [0.15, 0.2) is 0 Å². The van der Waals surface area contributed by atoms with Gasteiger partial charge in [0.1, 0.15) is 13.3 Å². The number of ether oxygens (including phenoxy) is 1. The average molecular weight is 197 g/mol. The Morgan fingerprint density at radius 1 is 1.57 bits per heavy atom. The van der Waals surface area contributed by atoms with Gasteiger partial charge in [0.05, 0.1) is 5.56 Å². The van der Waals surface area contributed by atoms with Crippen molar-refractivity contribution < 1.29 is 13.9 Å². The molecule has 0 aliphatic heterocycles. The number of carbonyl (C=O) groups excluding carboxylic acids is 1. The Balaban J connectivity index is 2.80. The highest BCUT2D eigenvalue weighted by Gasteiger charge is 2.09. The van der Waals surface area contributed by atoms with Gasteiger partial charge in [0, 0.05) is 5.69 Å². The lowest BCUT2D eigenvalue weighted by Crippen LogP contribution is -2.09. The third-order valence-electron chi connectivity index (χ3n) is 1.78. The van der Waals surface area contributed by atoms with Gasteiger partial charge >= 0.3 is 5.97 Å². The molecule has 0 aliphatic carbocycles. The first-order valence-corrected chi connectivity index (χ1v) is 4.24. The van der Waals surface area contributed by atoms with Crippen molar-refractivity contribution in [3.8, 4) is 0 Å². The number of nitrogens with two attached hydrogens (primary N) is 1. The molecule has 1 rings (SSSR count). The van der Waals surface area contributed by atoms with Crippen LogP contribution in [0.4, 0.5) is 10.1 Å². The lowest BCUT2D eigenvalue weighted by atomic mass is 10.1. The van der Waals surface area contributed by atoms with Crippen molar-refractivity contribution >= 4 is 11.7 Å². The molecule has 3 nitrogen and oxygen atoms in total. The lowest BCUT2D eigenvalue weighted by molar-refractivity contribution is 0.0480. The van der Waals surface area contributed by atoms with Crippen LogP contribution in [0.25, 0.3) is 0 Å². The second kappa shape index (κ2) is 4.60. The first-order chi connectivity index (χ1) is 6.65. The van der Waals surface area contributed by atoms with Crippen LogP contribution in [0, 0.1) is 6.92 Å². The second-order valence-corrected chi connectivity index (χ2v) is 2.90. The van der Waals surface area contributed by atoms with Crippen molar-refractivity contribution in [3.63, 3.8) is 0 Å². The quantitative estimate of drug-likeness (QED) is 0.592. The fourth-order valence-electron chi connectivity index (χ4n) is 1.12. The number of aryl methyl sites for hydroxylation is 1. The minimum absolute atomic E-state index is 0.206. The van der Waals surface area contributed by atoms with E-state index in [2.05, 4.69) is 4.74 Å². The van der Waals surface area contributed by atoms with Gasteiger partial charge in [-0.05, 0) is 30.7 Å². The Hall–Kier alpha value is -1.58. The summed E-state index contributed by atoms with van der Waals surface area (Å²) in [6.45, 7) is 0.880. The van der Waals surface area contributed by atoms with E-state index in [9.17, 15) is 9.18 Å². The number of benzene rings is 1. The van der Waals surface area contributed by atoms with Crippen LogP contribution < -0.4 is 5.73 Å². The summed E-state index contributed by atoms with van der Waals surface area (Å²) in [5, 5.41) is 0. The number of carbonyl (C=O) groups is 1. The Kier molecular flexibility index (Phi) is 3.45. The third kappa shape index (κ3) is 2.45. The number of hydrogen-bond donors (Lipinski definition) is 1. The van der Waals surface area contributed by atoms with Gasteiger partial charge in [-0.25, -0.2) is 9.18 Å². The maximum absolute atomic E-state index is 11.7. The summed E-state index contributed by atoms with van der Waals surface area (Å²) in [5.74, 6) is -0.514. The molecule has 2 N–H and O–H groups in total. The van der Waals surface area contributed by atoms with Crippen LogP contribution >= 0.6 is 0 Å². The topological polar surface area (TPSA) is 52.3 Å². The van der Waals surface area contributed by atoms with Crippen molar-refractivity contribution in [1.82, 2.24) is 0 Å². The highest BCUT2D eigenvalue weighted by atomic mass is 19.1. The Morgan fingerprint density at radius 3 is 2.86 bits per heavy atom. The molecule has 0 spiro atoms. The lowest BCUT2D eigenvalue weighted by Gasteiger charge is -2.05. The number of hydrogen-bond acceptors (Lipinski definition) is 3. The molecule has 4 heteroatoms. The molecule has 0 atom stereocenters. The van der Waals surface area contributed by atoms with Gasteiger partial charge in [-0.3, -0.25) is 0 Å². The highest BCUT2D eigenvalue weighted by Crippen LogP contribution is 2.13. The fourth-order valence-corrected chi connectivity index (χ4v) is 1.12. The first kappa shape index (κ1) is 10.5. The number of nitrogen functional groups attached to an aromatic ring is 1. The summed E-state index contributed by atoms with van der Waals surface area (Å²) in [7, 11) is 0. The summed E-state index contributed by atoms with van der Waals surface area (Å²) in [6, 6.07) is 4.86. The van der Waals surface area contributed by atoms with Gasteiger partial charge in [-0.2, -0.15) is 0 Å². The van der Waals surface area contributed by atoms with E-state index in [4.69, 9.17) is 5.73 Å². The molecule has 0 saturated carbocycles. The van der Waals surface area contributed by atoms with Crippen molar-refractivity contribution in [3.05, 3.63) is 29.3 Å². The van der Waals surface area contributed by atoms with E-state index in [1.807, 2.05) is 0 Å². The molecule has 76 valence electrons. The number of rotatable bonds is 3. The van der Waals surface area contributed by atoms with Crippen LogP contribution in [0.1, 0.15) is 15.9 Å². The number of alkyl halides is 1. The summed E-state index contributed by atoms with van der Waals surface area (Å²) in [4.78, 5) is 11.3. The standard InChI is InChI=1S/C10H12FNO2/c1-7-6-8(12)2-3-9(7)10(13)14-5-4-11/h2-3,6H,4-5,12H2,1H3. The van der Waals surface area contributed by atoms with Gasteiger partial charge in [0.2, 0.25) is 0 Å². The Morgan fingerprint density at radius 2 is 2.29 bits per heavy atom. The molecule has 0 saturated heterocycles. The van der Waals surface area contributed by atoms with Gasteiger partial charge < -0.3 is 10.5 Å². The smallest absolute Gasteiger partial charge is 0.338 e. The minimum atomic E-state index is -0.667. The molecule has 1 aromatic rings. The summed E-state index contributed by atoms with van der Waals surface area (Å²) < 4.78 is 16.4. The third-order valence-corrected chi connectivity index (χ3v) is 1.78. The van der Waals surface area contributed by atoms with E-state index >= 15 is 0 Å². The molecule has 0 heterocycles. The Labute approximate surface area is 81.7 Å². The van der Waals surface area contributed by atoms with Crippen molar-refractivity contribution in [1.29, 1.82) is 0 Å². The molecule has 0 bridgehead atoms. The Bertz CT molecular complexity index is 339. The van der Waals surface area contributed by atoms with Crippen molar-refractivity contribution in [2.24, 2.45) is 0 Å². The predicted octanol–water partition coefficient (Wildman–Crippen LogP) is 1.70. The number of anilines is 1. The zero-order chi connectivity index (χ0) is 10.6. The first-order valence-electron chi connectivity index (χ1n) is 4.24. The molecule has 0 radical (unpaired) electrons. The zero-order valence-corrected chi connectivity index (χ0v) is 7.92. The summed E-state index contributed by atoms with van der Waals surface area (Å²) in [6.07, 6.45) is 0. The maximum atomic E-state index is 11.7.